The number of aryl methyl sites for hydroxylation is 3. The van der Waals surface area contributed by atoms with E-state index in [1.165, 1.54) is 22.2 Å². The van der Waals surface area contributed by atoms with Gasteiger partial charge in [-0.25, -0.2) is 0 Å². The first-order chi connectivity index (χ1) is 13.4. The van der Waals surface area contributed by atoms with Crippen molar-refractivity contribution in [1.82, 2.24) is 14.8 Å². The van der Waals surface area contributed by atoms with Crippen molar-refractivity contribution in [2.24, 2.45) is 0 Å². The summed E-state index contributed by atoms with van der Waals surface area (Å²) < 4.78 is 2.01. The largest absolute Gasteiger partial charge is 0.325 e. The first kappa shape index (κ1) is 20.4. The van der Waals surface area contributed by atoms with Crippen LogP contribution >= 0.6 is 23.1 Å². The van der Waals surface area contributed by atoms with E-state index < -0.39 is 0 Å². The van der Waals surface area contributed by atoms with E-state index in [0.29, 0.717) is 6.54 Å². The van der Waals surface area contributed by atoms with E-state index in [1.807, 2.05) is 42.7 Å². The van der Waals surface area contributed by atoms with Crippen LogP contribution in [0, 0.1) is 27.7 Å². The van der Waals surface area contributed by atoms with E-state index in [1.54, 1.807) is 11.3 Å². The molecule has 2 aromatic heterocycles. The Balaban J connectivity index is 1.76. The van der Waals surface area contributed by atoms with Crippen LogP contribution in [0.1, 0.15) is 21.6 Å². The monoisotopic (exact) mass is 412 g/mol. The molecule has 5 nitrogen and oxygen atoms in total. The molecule has 0 spiro atoms. The minimum absolute atomic E-state index is 0.0559. The average Bonchev–Trinajstić information content (AvgIpc) is 3.20. The van der Waals surface area contributed by atoms with Gasteiger partial charge in [0, 0.05) is 28.1 Å². The average molecular weight is 413 g/mol. The molecular formula is C21H24N4OS2. The lowest BCUT2D eigenvalue weighted by Crippen LogP contribution is -2.16. The van der Waals surface area contributed by atoms with Crippen molar-refractivity contribution in [1.29, 1.82) is 0 Å². The van der Waals surface area contributed by atoms with Gasteiger partial charge in [-0.2, -0.15) is 0 Å². The summed E-state index contributed by atoms with van der Waals surface area (Å²) >= 11 is 3.09. The number of aromatic nitrogens is 3. The lowest BCUT2D eigenvalue weighted by molar-refractivity contribution is -0.113. The highest BCUT2D eigenvalue weighted by atomic mass is 32.2. The van der Waals surface area contributed by atoms with Gasteiger partial charge in [-0.05, 0) is 44.4 Å². The lowest BCUT2D eigenvalue weighted by Gasteiger charge is -2.11. The number of hydrogen-bond acceptors (Lipinski definition) is 5. The van der Waals surface area contributed by atoms with Crippen LogP contribution < -0.4 is 5.32 Å². The van der Waals surface area contributed by atoms with Gasteiger partial charge in [0.15, 0.2) is 11.0 Å². The zero-order chi connectivity index (χ0) is 20.3. The number of allylic oxidation sites excluding steroid dienone is 1. The Hall–Kier alpha value is -2.38. The summed E-state index contributed by atoms with van der Waals surface area (Å²) in [6.45, 7) is 12.6. The van der Waals surface area contributed by atoms with Gasteiger partial charge >= 0.3 is 0 Å². The topological polar surface area (TPSA) is 59.8 Å². The van der Waals surface area contributed by atoms with Gasteiger partial charge in [0.05, 0.1) is 5.75 Å². The van der Waals surface area contributed by atoms with Crippen LogP contribution in [-0.4, -0.2) is 26.4 Å². The zero-order valence-electron chi connectivity index (χ0n) is 16.6. The third-order valence-corrected chi connectivity index (χ3v) is 6.61. The lowest BCUT2D eigenvalue weighted by atomic mass is 10.1. The van der Waals surface area contributed by atoms with Gasteiger partial charge in [0.2, 0.25) is 5.91 Å². The molecule has 1 aromatic carbocycles. The van der Waals surface area contributed by atoms with Gasteiger partial charge in [0.25, 0.3) is 0 Å². The molecule has 0 aliphatic carbocycles. The molecule has 0 radical (unpaired) electrons. The summed E-state index contributed by atoms with van der Waals surface area (Å²) in [5, 5.41) is 14.6. The van der Waals surface area contributed by atoms with E-state index >= 15 is 0 Å². The number of carbonyl (C=O) groups is 1. The van der Waals surface area contributed by atoms with Crippen LogP contribution in [0.5, 0.6) is 0 Å². The van der Waals surface area contributed by atoms with Gasteiger partial charge < -0.3 is 5.32 Å². The van der Waals surface area contributed by atoms with Crippen LogP contribution in [-0.2, 0) is 11.3 Å². The summed E-state index contributed by atoms with van der Waals surface area (Å²) in [7, 11) is 0. The molecule has 1 amide bonds. The number of thioether (sulfide) groups is 1. The van der Waals surface area contributed by atoms with Crippen molar-refractivity contribution in [3.8, 4) is 11.4 Å². The third kappa shape index (κ3) is 4.20. The van der Waals surface area contributed by atoms with E-state index in [4.69, 9.17) is 0 Å². The fourth-order valence-corrected chi connectivity index (χ4v) is 4.55. The fourth-order valence-electron chi connectivity index (χ4n) is 2.94. The van der Waals surface area contributed by atoms with Crippen LogP contribution in [0.4, 0.5) is 5.69 Å². The second-order valence-corrected chi connectivity index (χ2v) is 8.67. The van der Waals surface area contributed by atoms with Crippen molar-refractivity contribution in [3.63, 3.8) is 0 Å². The van der Waals surface area contributed by atoms with Gasteiger partial charge in [-0.1, -0.05) is 36.0 Å². The van der Waals surface area contributed by atoms with E-state index in [2.05, 4.69) is 41.3 Å². The van der Waals surface area contributed by atoms with Crippen LogP contribution in [0.25, 0.3) is 11.4 Å². The molecule has 146 valence electrons. The van der Waals surface area contributed by atoms with Crippen molar-refractivity contribution in [2.75, 3.05) is 11.1 Å². The molecule has 0 bridgehead atoms. The maximum Gasteiger partial charge on any atom is 0.234 e. The molecule has 0 fully saturated rings. The van der Waals surface area contributed by atoms with E-state index in [-0.39, 0.29) is 11.7 Å². The maximum atomic E-state index is 12.5. The van der Waals surface area contributed by atoms with Crippen LogP contribution in [0.15, 0.2) is 41.4 Å². The molecule has 3 rings (SSSR count). The second kappa shape index (κ2) is 8.75. The van der Waals surface area contributed by atoms with Gasteiger partial charge in [-0.3, -0.25) is 9.36 Å². The van der Waals surface area contributed by atoms with Gasteiger partial charge in [-0.15, -0.1) is 28.1 Å². The van der Waals surface area contributed by atoms with Crippen molar-refractivity contribution in [2.45, 2.75) is 39.4 Å². The Bertz CT molecular complexity index is 999. The minimum atomic E-state index is -0.0559. The number of rotatable bonds is 7. The third-order valence-electron chi connectivity index (χ3n) is 4.63. The van der Waals surface area contributed by atoms with Crippen LogP contribution in [0.2, 0.25) is 0 Å². The van der Waals surface area contributed by atoms with Gasteiger partial charge in [0.1, 0.15) is 0 Å². The normalized spacial score (nSPS) is 10.9. The summed E-state index contributed by atoms with van der Waals surface area (Å²) in [5.74, 6) is 1.03. The predicted octanol–water partition coefficient (Wildman–Crippen LogP) is 5.16. The highest BCUT2D eigenvalue weighted by molar-refractivity contribution is 7.99. The Labute approximate surface area is 173 Å². The number of nitrogens with zero attached hydrogens (tertiary/aromatic N) is 3. The zero-order valence-corrected chi connectivity index (χ0v) is 18.2. The summed E-state index contributed by atoms with van der Waals surface area (Å²) in [4.78, 5) is 13.8. The Morgan fingerprint density at radius 1 is 1.25 bits per heavy atom. The van der Waals surface area contributed by atoms with E-state index in [9.17, 15) is 4.79 Å². The number of amides is 1. The fraction of sp³-hybridized carbons (Fsp3) is 0.286. The van der Waals surface area contributed by atoms with Crippen molar-refractivity contribution < 1.29 is 4.79 Å². The highest BCUT2D eigenvalue weighted by Gasteiger charge is 2.18. The molecule has 1 N–H and O–H groups in total. The quantitative estimate of drug-likeness (QED) is 0.430. The summed E-state index contributed by atoms with van der Waals surface area (Å²) in [6, 6.07) is 5.98. The SMILES string of the molecule is C=CCn1c(SCC(=O)Nc2c(C)cccc2C)nnc1-c1csc(C)c1C. The predicted molar refractivity (Wildman–Crippen MR) is 118 cm³/mol. The molecule has 2 heterocycles. The molecule has 0 atom stereocenters. The minimum Gasteiger partial charge on any atom is -0.325 e. The molecular weight excluding hydrogens is 388 g/mol. The number of benzene rings is 1. The Morgan fingerprint density at radius 3 is 2.57 bits per heavy atom. The number of thiophene rings is 1. The smallest absolute Gasteiger partial charge is 0.234 e. The van der Waals surface area contributed by atoms with Crippen molar-refractivity contribution >= 4 is 34.7 Å². The number of para-hydroxylation sites is 1. The summed E-state index contributed by atoms with van der Waals surface area (Å²) in [5.41, 5.74) is 5.29. The Kier molecular flexibility index (Phi) is 6.36. The molecule has 28 heavy (non-hydrogen) atoms. The molecule has 0 aliphatic rings. The molecule has 3 aromatic rings. The first-order valence-corrected chi connectivity index (χ1v) is 10.9. The molecule has 0 saturated heterocycles. The molecule has 0 saturated carbocycles. The summed E-state index contributed by atoms with van der Waals surface area (Å²) in [6.07, 6.45) is 1.82. The van der Waals surface area contributed by atoms with E-state index in [0.717, 1.165) is 33.4 Å². The number of carbonyl (C=O) groups excluding carboxylic acids is 1. The molecule has 0 unspecified atom stereocenters. The number of hydrogen-bond donors (Lipinski definition) is 1. The molecule has 7 heteroatoms. The van der Waals surface area contributed by atoms with Crippen LogP contribution in [0.3, 0.4) is 0 Å². The Morgan fingerprint density at radius 2 is 1.96 bits per heavy atom. The first-order valence-electron chi connectivity index (χ1n) is 9.00. The number of anilines is 1. The highest BCUT2D eigenvalue weighted by Crippen LogP contribution is 2.31. The maximum absolute atomic E-state index is 12.5. The number of nitrogens with one attached hydrogen (secondary N) is 1. The second-order valence-electron chi connectivity index (χ2n) is 6.64. The molecule has 0 aliphatic heterocycles. The standard InChI is InChI=1S/C21H24N4OS2/c1-6-10-25-20(17-11-27-16(5)15(17)4)23-24-21(25)28-12-18(26)22-19-13(2)8-7-9-14(19)3/h6-9,11H,1,10,12H2,2-5H3,(H,22,26). The van der Waals surface area contributed by atoms with Crippen molar-refractivity contribution in [3.05, 3.63) is 57.8 Å².